The normalized spacial score (nSPS) is 18.3. The second-order valence-corrected chi connectivity index (χ2v) is 12.8. The van der Waals surface area contributed by atoms with Gasteiger partial charge < -0.3 is 15.5 Å². The van der Waals surface area contributed by atoms with Crippen LogP contribution in [0.3, 0.4) is 0 Å². The molecule has 2 fully saturated rings. The summed E-state index contributed by atoms with van der Waals surface area (Å²) in [5.74, 6) is -0.658. The van der Waals surface area contributed by atoms with E-state index >= 15 is 0 Å². The number of piperidine rings is 1. The molecule has 2 aliphatic heterocycles. The molecule has 2 heterocycles. The van der Waals surface area contributed by atoms with Crippen LogP contribution in [0.2, 0.25) is 0 Å². The number of hydrogen-bond donors (Lipinski definition) is 4. The maximum absolute atomic E-state index is 14.5. The zero-order valence-electron chi connectivity index (χ0n) is 24.3. The van der Waals surface area contributed by atoms with Crippen molar-refractivity contribution in [2.24, 2.45) is 5.92 Å². The molecule has 9 nitrogen and oxygen atoms in total. The van der Waals surface area contributed by atoms with Crippen LogP contribution < -0.4 is 20.1 Å². The Hall–Kier alpha value is -3.73. The fraction of sp³-hybridized carbons (Fsp3) is 0.394. The fourth-order valence-electron chi connectivity index (χ4n) is 6.19. The number of likely N-dealkylation sites (tertiary alicyclic amines) is 1. The molecule has 5 rings (SSSR count). The van der Waals surface area contributed by atoms with Gasteiger partial charge in [-0.2, -0.15) is 13.1 Å². The van der Waals surface area contributed by atoms with Gasteiger partial charge in [0.25, 0.3) is 10.2 Å². The number of nitrogens with zero attached hydrogens (tertiary/aromatic N) is 1. The van der Waals surface area contributed by atoms with Gasteiger partial charge in [-0.05, 0) is 74.4 Å². The van der Waals surface area contributed by atoms with Crippen LogP contribution in [0.15, 0.2) is 91.0 Å². The minimum Gasteiger partial charge on any atom is -0.354 e. The first-order chi connectivity index (χ1) is 20.9. The minimum atomic E-state index is -4.19. The number of amides is 2. The minimum absolute atomic E-state index is 0.181. The van der Waals surface area contributed by atoms with Crippen LogP contribution in [0, 0.1) is 5.92 Å². The molecule has 2 amide bonds. The van der Waals surface area contributed by atoms with Gasteiger partial charge in [0, 0.05) is 24.7 Å². The smallest absolute Gasteiger partial charge is 0.299 e. The Kier molecular flexibility index (Phi) is 10.5. The zero-order chi connectivity index (χ0) is 30.1. The monoisotopic (exact) mass is 603 g/mol. The standard InChI is InChI=1S/C33H41N5O4S/c39-32(35-23-20-25-18-21-34-22-19-25)29-17-10-24-38(29)33(40)31(37-43(41,42)36-28-15-8-3-9-16-28)30(26-11-4-1-5-12-26)27-13-6-2-7-14-27/h1-9,11-16,25,29-31,34,36-37H,10,17-24H2,(H,35,39)/t29?,31-/m1/s1. The third-order valence-corrected chi connectivity index (χ3v) is 9.44. The highest BCUT2D eigenvalue weighted by atomic mass is 32.2. The summed E-state index contributed by atoms with van der Waals surface area (Å²) in [5.41, 5.74) is 1.96. The van der Waals surface area contributed by atoms with E-state index in [1.54, 1.807) is 35.2 Å². The van der Waals surface area contributed by atoms with Gasteiger partial charge in [-0.15, -0.1) is 0 Å². The molecule has 228 valence electrons. The second-order valence-electron chi connectivity index (χ2n) is 11.3. The summed E-state index contributed by atoms with van der Waals surface area (Å²) in [6.07, 6.45) is 4.31. The SMILES string of the molecule is O=C(NCCC1CCNCC1)C1CCCN1C(=O)[C@H](NS(=O)(=O)Nc1ccccc1)C(c1ccccc1)c1ccccc1. The average Bonchev–Trinajstić information content (AvgIpc) is 3.53. The Labute approximate surface area is 254 Å². The summed E-state index contributed by atoms with van der Waals surface area (Å²) < 4.78 is 32.3. The Morgan fingerprint density at radius 1 is 0.837 bits per heavy atom. The van der Waals surface area contributed by atoms with Crippen LogP contribution >= 0.6 is 0 Å². The van der Waals surface area contributed by atoms with Crippen molar-refractivity contribution in [3.05, 3.63) is 102 Å². The van der Waals surface area contributed by atoms with E-state index in [1.807, 2.05) is 60.7 Å². The van der Waals surface area contributed by atoms with Crippen LogP contribution in [0.5, 0.6) is 0 Å². The summed E-state index contributed by atoms with van der Waals surface area (Å²) in [7, 11) is -4.19. The molecule has 0 radical (unpaired) electrons. The van der Waals surface area contributed by atoms with Crippen molar-refractivity contribution in [1.82, 2.24) is 20.3 Å². The number of para-hydroxylation sites is 1. The highest BCUT2D eigenvalue weighted by Crippen LogP contribution is 2.31. The van der Waals surface area contributed by atoms with E-state index in [1.165, 1.54) is 0 Å². The van der Waals surface area contributed by atoms with Crippen LogP contribution in [0.25, 0.3) is 0 Å². The maximum Gasteiger partial charge on any atom is 0.299 e. The molecule has 0 saturated carbocycles. The first kappa shape index (κ1) is 30.7. The summed E-state index contributed by atoms with van der Waals surface area (Å²) in [6, 6.07) is 25.5. The van der Waals surface area contributed by atoms with Crippen LogP contribution in [-0.2, 0) is 19.8 Å². The van der Waals surface area contributed by atoms with Gasteiger partial charge in [0.05, 0.1) is 0 Å². The summed E-state index contributed by atoms with van der Waals surface area (Å²) in [4.78, 5) is 29.4. The first-order valence-electron chi connectivity index (χ1n) is 15.2. The van der Waals surface area contributed by atoms with E-state index in [2.05, 4.69) is 20.1 Å². The number of rotatable bonds is 12. The largest absolute Gasteiger partial charge is 0.354 e. The molecular formula is C33H41N5O4S. The predicted octanol–water partition coefficient (Wildman–Crippen LogP) is 3.63. The number of carbonyl (C=O) groups is 2. The van der Waals surface area contributed by atoms with E-state index < -0.39 is 34.1 Å². The molecule has 2 aliphatic rings. The quantitative estimate of drug-likeness (QED) is 0.252. The van der Waals surface area contributed by atoms with E-state index in [4.69, 9.17) is 0 Å². The van der Waals surface area contributed by atoms with E-state index in [0.29, 0.717) is 37.5 Å². The van der Waals surface area contributed by atoms with Gasteiger partial charge >= 0.3 is 0 Å². The van der Waals surface area contributed by atoms with Gasteiger partial charge in [0.15, 0.2) is 0 Å². The van der Waals surface area contributed by atoms with Crippen molar-refractivity contribution in [1.29, 1.82) is 0 Å². The highest BCUT2D eigenvalue weighted by molar-refractivity contribution is 7.90. The van der Waals surface area contributed by atoms with Crippen molar-refractivity contribution in [3.8, 4) is 0 Å². The third-order valence-electron chi connectivity index (χ3n) is 8.37. The third kappa shape index (κ3) is 8.22. The number of benzene rings is 3. The van der Waals surface area contributed by atoms with Gasteiger partial charge in [0.2, 0.25) is 11.8 Å². The molecule has 43 heavy (non-hydrogen) atoms. The van der Waals surface area contributed by atoms with Crippen molar-refractivity contribution >= 4 is 27.7 Å². The Morgan fingerprint density at radius 2 is 1.42 bits per heavy atom. The number of hydrogen-bond acceptors (Lipinski definition) is 5. The lowest BCUT2D eigenvalue weighted by atomic mass is 9.84. The number of carbonyl (C=O) groups excluding carboxylic acids is 2. The van der Waals surface area contributed by atoms with Crippen LogP contribution in [0.4, 0.5) is 5.69 Å². The van der Waals surface area contributed by atoms with Crippen molar-refractivity contribution in [3.63, 3.8) is 0 Å². The maximum atomic E-state index is 14.5. The zero-order valence-corrected chi connectivity index (χ0v) is 25.1. The second kappa shape index (κ2) is 14.6. The number of anilines is 1. The summed E-state index contributed by atoms with van der Waals surface area (Å²) >= 11 is 0. The first-order valence-corrected chi connectivity index (χ1v) is 16.6. The molecular weight excluding hydrogens is 562 g/mol. The van der Waals surface area contributed by atoms with Crippen molar-refractivity contribution < 1.29 is 18.0 Å². The van der Waals surface area contributed by atoms with Gasteiger partial charge in [-0.3, -0.25) is 14.3 Å². The Bertz CT molecular complexity index is 1390. The van der Waals surface area contributed by atoms with E-state index in [0.717, 1.165) is 43.5 Å². The predicted molar refractivity (Wildman–Crippen MR) is 169 cm³/mol. The van der Waals surface area contributed by atoms with E-state index in [-0.39, 0.29) is 5.91 Å². The molecule has 1 unspecified atom stereocenters. The van der Waals surface area contributed by atoms with Gasteiger partial charge in [-0.1, -0.05) is 78.9 Å². The lowest BCUT2D eigenvalue weighted by Crippen LogP contribution is -2.56. The van der Waals surface area contributed by atoms with Gasteiger partial charge in [0.1, 0.15) is 12.1 Å². The number of nitrogens with one attached hydrogen (secondary N) is 4. The van der Waals surface area contributed by atoms with Gasteiger partial charge in [-0.25, -0.2) is 0 Å². The molecule has 2 atom stereocenters. The lowest BCUT2D eigenvalue weighted by Gasteiger charge is -2.33. The highest BCUT2D eigenvalue weighted by Gasteiger charge is 2.42. The molecule has 0 bridgehead atoms. The Morgan fingerprint density at radius 3 is 2.02 bits per heavy atom. The molecule has 3 aromatic rings. The van der Waals surface area contributed by atoms with Crippen LogP contribution in [0.1, 0.15) is 49.1 Å². The molecule has 3 aromatic carbocycles. The van der Waals surface area contributed by atoms with E-state index in [9.17, 15) is 18.0 Å². The molecule has 10 heteroatoms. The topological polar surface area (TPSA) is 120 Å². The van der Waals surface area contributed by atoms with Crippen LogP contribution in [-0.4, -0.2) is 63.4 Å². The molecule has 2 saturated heterocycles. The molecule has 4 N–H and O–H groups in total. The molecule has 0 aromatic heterocycles. The Balaban J connectivity index is 1.41. The lowest BCUT2D eigenvalue weighted by molar-refractivity contribution is -0.140. The molecule has 0 aliphatic carbocycles. The van der Waals surface area contributed by atoms with Crippen molar-refractivity contribution in [2.75, 3.05) is 30.9 Å². The fourth-order valence-corrected chi connectivity index (χ4v) is 7.26. The molecule has 0 spiro atoms. The average molecular weight is 604 g/mol. The van der Waals surface area contributed by atoms with Crippen molar-refractivity contribution in [2.45, 2.75) is 50.1 Å². The summed E-state index contributed by atoms with van der Waals surface area (Å²) in [5, 5.41) is 6.43. The summed E-state index contributed by atoms with van der Waals surface area (Å²) in [6.45, 7) is 2.95.